The van der Waals surface area contributed by atoms with Crippen LogP contribution in [0.25, 0.3) is 0 Å². The second kappa shape index (κ2) is 5.28. The first-order valence-electron chi connectivity index (χ1n) is 5.13. The number of esters is 1. The largest absolute Gasteiger partial charge is 0.467 e. The van der Waals surface area contributed by atoms with Crippen molar-refractivity contribution in [3.63, 3.8) is 0 Å². The third kappa shape index (κ3) is 3.64. The number of hydrogen-bond acceptors (Lipinski definition) is 4. The molecule has 4 nitrogen and oxygen atoms in total. The summed E-state index contributed by atoms with van der Waals surface area (Å²) >= 11 is 0. The molecule has 1 heterocycles. The molecule has 0 aliphatic carbocycles. The topological polar surface area (TPSA) is 38.8 Å². The maximum Gasteiger partial charge on any atom is 0.336 e. The predicted octanol–water partition coefficient (Wildman–Crippen LogP) is 0.825. The van der Waals surface area contributed by atoms with E-state index in [1.165, 1.54) is 7.11 Å². The molecule has 0 N–H and O–H groups in total. The van der Waals surface area contributed by atoms with E-state index in [2.05, 4.69) is 16.2 Å². The summed E-state index contributed by atoms with van der Waals surface area (Å²) in [5.74, 6) is -0.298. The second-order valence-electron chi connectivity index (χ2n) is 4.11. The Balaban J connectivity index is 2.55. The van der Waals surface area contributed by atoms with E-state index in [9.17, 15) is 4.79 Å². The Bertz CT molecular complexity index is 252. The lowest BCUT2D eigenvalue weighted by Crippen LogP contribution is -2.50. The van der Waals surface area contributed by atoms with Crippen LogP contribution in [0.5, 0.6) is 0 Å². The van der Waals surface area contributed by atoms with Gasteiger partial charge in [-0.3, -0.25) is 4.90 Å². The van der Waals surface area contributed by atoms with Crippen LogP contribution in [-0.2, 0) is 14.3 Å². The van der Waals surface area contributed by atoms with Gasteiger partial charge in [-0.2, -0.15) is 0 Å². The molecule has 1 aliphatic heterocycles. The number of nitrogens with zero attached hydrogens (tertiary/aromatic N) is 1. The summed E-state index contributed by atoms with van der Waals surface area (Å²) in [6, 6.07) is 0. The summed E-state index contributed by atoms with van der Waals surface area (Å²) < 4.78 is 10.2. The van der Waals surface area contributed by atoms with Crippen LogP contribution in [0.15, 0.2) is 12.2 Å². The van der Waals surface area contributed by atoms with Crippen LogP contribution in [0.3, 0.4) is 0 Å². The lowest BCUT2D eigenvalue weighted by Gasteiger charge is -2.35. The van der Waals surface area contributed by atoms with Crippen LogP contribution in [-0.4, -0.2) is 49.8 Å². The minimum Gasteiger partial charge on any atom is -0.467 e. The minimum absolute atomic E-state index is 0.0576. The van der Waals surface area contributed by atoms with Gasteiger partial charge in [-0.15, -0.1) is 0 Å². The maximum atomic E-state index is 11.3. The Hall–Kier alpha value is -0.870. The third-order valence-corrected chi connectivity index (χ3v) is 2.29. The van der Waals surface area contributed by atoms with Crippen molar-refractivity contribution in [1.29, 1.82) is 0 Å². The van der Waals surface area contributed by atoms with Gasteiger partial charge in [0.15, 0.2) is 6.10 Å². The smallest absolute Gasteiger partial charge is 0.336 e. The van der Waals surface area contributed by atoms with Crippen molar-refractivity contribution in [2.75, 3.05) is 26.7 Å². The fourth-order valence-corrected chi connectivity index (χ4v) is 1.81. The first-order chi connectivity index (χ1) is 7.02. The zero-order valence-corrected chi connectivity index (χ0v) is 9.66. The first kappa shape index (κ1) is 12.2. The highest BCUT2D eigenvalue weighted by Gasteiger charge is 2.30. The molecule has 1 saturated heterocycles. The monoisotopic (exact) mass is 213 g/mol. The Kier molecular flexibility index (Phi) is 4.29. The van der Waals surface area contributed by atoms with Crippen LogP contribution in [0, 0.1) is 0 Å². The standard InChI is InChI=1S/C11H19NO3/c1-8(2)5-12-6-9(3)15-10(7-12)11(13)14-4/h9-10H,1,5-7H2,2-4H3/t9-,10+/m1/s1. The van der Waals surface area contributed by atoms with Gasteiger partial charge in [0.1, 0.15) is 0 Å². The molecule has 4 heteroatoms. The van der Waals surface area contributed by atoms with E-state index in [0.717, 1.165) is 18.7 Å². The molecule has 0 aromatic carbocycles. The van der Waals surface area contributed by atoms with E-state index >= 15 is 0 Å². The van der Waals surface area contributed by atoms with Gasteiger partial charge in [0.05, 0.1) is 13.2 Å². The van der Waals surface area contributed by atoms with Gasteiger partial charge in [0, 0.05) is 19.6 Å². The van der Waals surface area contributed by atoms with Crippen LogP contribution in [0.2, 0.25) is 0 Å². The van der Waals surface area contributed by atoms with Gasteiger partial charge in [-0.1, -0.05) is 12.2 Å². The summed E-state index contributed by atoms with van der Waals surface area (Å²) in [6.45, 7) is 10.0. The van der Waals surface area contributed by atoms with Crippen LogP contribution >= 0.6 is 0 Å². The summed E-state index contributed by atoms with van der Waals surface area (Å²) in [7, 11) is 1.38. The second-order valence-corrected chi connectivity index (χ2v) is 4.11. The van der Waals surface area contributed by atoms with Crippen molar-refractivity contribution in [1.82, 2.24) is 4.90 Å². The molecule has 1 rings (SSSR count). The van der Waals surface area contributed by atoms with Crippen LogP contribution < -0.4 is 0 Å². The molecule has 0 saturated carbocycles. The minimum atomic E-state index is -0.460. The lowest BCUT2D eigenvalue weighted by atomic mass is 10.2. The van der Waals surface area contributed by atoms with Crippen molar-refractivity contribution < 1.29 is 14.3 Å². The molecule has 0 amide bonds. The maximum absolute atomic E-state index is 11.3. The third-order valence-electron chi connectivity index (χ3n) is 2.29. The Morgan fingerprint density at radius 1 is 1.60 bits per heavy atom. The normalized spacial score (nSPS) is 27.4. The molecular weight excluding hydrogens is 194 g/mol. The summed E-state index contributed by atoms with van der Waals surface area (Å²) in [5.41, 5.74) is 1.09. The van der Waals surface area contributed by atoms with E-state index in [0.29, 0.717) is 6.54 Å². The van der Waals surface area contributed by atoms with E-state index in [-0.39, 0.29) is 12.1 Å². The number of rotatable bonds is 3. The summed E-state index contributed by atoms with van der Waals surface area (Å²) in [5, 5.41) is 0. The van der Waals surface area contributed by atoms with Gasteiger partial charge in [0.25, 0.3) is 0 Å². The van der Waals surface area contributed by atoms with E-state index in [4.69, 9.17) is 4.74 Å². The number of methoxy groups -OCH3 is 1. The highest BCUT2D eigenvalue weighted by atomic mass is 16.6. The van der Waals surface area contributed by atoms with E-state index < -0.39 is 6.10 Å². The van der Waals surface area contributed by atoms with Crippen molar-refractivity contribution in [2.24, 2.45) is 0 Å². The fourth-order valence-electron chi connectivity index (χ4n) is 1.81. The Labute approximate surface area is 90.8 Å². The average Bonchev–Trinajstić information content (AvgIpc) is 2.14. The van der Waals surface area contributed by atoms with E-state index in [1.807, 2.05) is 13.8 Å². The van der Waals surface area contributed by atoms with Gasteiger partial charge >= 0.3 is 5.97 Å². The molecule has 0 aromatic rings. The molecule has 0 radical (unpaired) electrons. The highest BCUT2D eigenvalue weighted by molar-refractivity contribution is 5.74. The molecule has 0 aromatic heterocycles. The number of morpholine rings is 1. The van der Waals surface area contributed by atoms with Gasteiger partial charge in [-0.05, 0) is 13.8 Å². The molecule has 1 aliphatic rings. The number of carbonyl (C=O) groups excluding carboxylic acids is 1. The van der Waals surface area contributed by atoms with Gasteiger partial charge < -0.3 is 9.47 Å². The summed E-state index contributed by atoms with van der Waals surface area (Å²) in [4.78, 5) is 13.5. The Morgan fingerprint density at radius 3 is 2.80 bits per heavy atom. The number of carbonyl (C=O) groups is 1. The zero-order chi connectivity index (χ0) is 11.4. The molecule has 1 fully saturated rings. The molecule has 0 bridgehead atoms. The lowest BCUT2D eigenvalue weighted by molar-refractivity contribution is -0.165. The SMILES string of the molecule is C=C(C)CN1C[C@@H](C)O[C@H](C(=O)OC)C1. The van der Waals surface area contributed by atoms with Crippen molar-refractivity contribution in [3.05, 3.63) is 12.2 Å². The van der Waals surface area contributed by atoms with Crippen molar-refractivity contribution in [3.8, 4) is 0 Å². The quantitative estimate of drug-likeness (QED) is 0.514. The molecular formula is C11H19NO3. The van der Waals surface area contributed by atoms with Gasteiger partial charge in [0.2, 0.25) is 0 Å². The average molecular weight is 213 g/mol. The first-order valence-corrected chi connectivity index (χ1v) is 5.13. The van der Waals surface area contributed by atoms with Crippen molar-refractivity contribution >= 4 is 5.97 Å². The van der Waals surface area contributed by atoms with Gasteiger partial charge in [-0.25, -0.2) is 4.79 Å². The predicted molar refractivity (Wildman–Crippen MR) is 57.6 cm³/mol. The zero-order valence-electron chi connectivity index (χ0n) is 9.66. The molecule has 15 heavy (non-hydrogen) atoms. The molecule has 2 atom stereocenters. The fraction of sp³-hybridized carbons (Fsp3) is 0.727. The molecule has 0 spiro atoms. The molecule has 86 valence electrons. The number of ether oxygens (including phenoxy) is 2. The molecule has 0 unspecified atom stereocenters. The summed E-state index contributed by atoms with van der Waals surface area (Å²) in [6.07, 6.45) is -0.403. The van der Waals surface area contributed by atoms with Crippen LogP contribution in [0.4, 0.5) is 0 Å². The Morgan fingerprint density at radius 2 is 2.27 bits per heavy atom. The van der Waals surface area contributed by atoms with E-state index in [1.54, 1.807) is 0 Å². The van der Waals surface area contributed by atoms with Crippen molar-refractivity contribution in [2.45, 2.75) is 26.1 Å². The highest BCUT2D eigenvalue weighted by Crippen LogP contribution is 2.13. The van der Waals surface area contributed by atoms with Crippen LogP contribution in [0.1, 0.15) is 13.8 Å². The number of hydrogen-bond donors (Lipinski definition) is 0.